The van der Waals surface area contributed by atoms with Crippen LogP contribution in [0.4, 0.5) is 13.2 Å². The van der Waals surface area contributed by atoms with Gasteiger partial charge in [0.2, 0.25) is 0 Å². The number of aromatic nitrogens is 2. The minimum Gasteiger partial charge on any atom is -0.490 e. The molecule has 32 heavy (non-hydrogen) atoms. The molecule has 1 unspecified atom stereocenters. The Morgan fingerprint density at radius 2 is 1.50 bits per heavy atom. The fraction of sp³-hybridized carbons (Fsp3) is 0.615. The fourth-order valence-corrected chi connectivity index (χ4v) is 3.65. The zero-order chi connectivity index (χ0) is 23.2. The summed E-state index contributed by atoms with van der Waals surface area (Å²) in [4.78, 5) is 8.31. The monoisotopic (exact) mass is 450 g/mol. The van der Waals surface area contributed by atoms with Crippen molar-refractivity contribution in [3.63, 3.8) is 0 Å². The van der Waals surface area contributed by atoms with Crippen molar-refractivity contribution in [1.29, 1.82) is 0 Å². The Kier molecular flexibility index (Phi) is 12.1. The number of benzene rings is 1. The predicted molar refractivity (Wildman–Crippen MR) is 124 cm³/mol. The molecule has 0 saturated carbocycles. The first-order valence-electron chi connectivity index (χ1n) is 12.1. The smallest absolute Gasteiger partial charge is 0.170 e. The van der Waals surface area contributed by atoms with Crippen LogP contribution in [0.1, 0.15) is 90.0 Å². The molecule has 178 valence electrons. The molecule has 0 fully saturated rings. The molecule has 0 aliphatic carbocycles. The zero-order valence-electron chi connectivity index (χ0n) is 19.5. The van der Waals surface area contributed by atoms with E-state index in [1.165, 1.54) is 57.5 Å². The first-order valence-corrected chi connectivity index (χ1v) is 12.1. The Bertz CT molecular complexity index is 781. The van der Waals surface area contributed by atoms with E-state index in [2.05, 4.69) is 16.9 Å². The summed E-state index contributed by atoms with van der Waals surface area (Å²) in [6.07, 6.45) is 13.8. The molecule has 1 heterocycles. The highest BCUT2D eigenvalue weighted by Crippen LogP contribution is 2.25. The second kappa shape index (κ2) is 14.9. The van der Waals surface area contributed by atoms with E-state index in [1.807, 2.05) is 0 Å². The van der Waals surface area contributed by atoms with Crippen molar-refractivity contribution in [2.75, 3.05) is 6.61 Å². The molecule has 1 atom stereocenters. The van der Waals surface area contributed by atoms with Crippen LogP contribution in [-0.2, 0) is 6.42 Å². The van der Waals surface area contributed by atoms with Gasteiger partial charge in [-0.1, -0.05) is 64.4 Å². The predicted octanol–water partition coefficient (Wildman–Crippen LogP) is 8.01. The number of hydrogen-bond acceptors (Lipinski definition) is 3. The summed E-state index contributed by atoms with van der Waals surface area (Å²) < 4.78 is 47.5. The molecule has 1 aromatic heterocycles. The lowest BCUT2D eigenvalue weighted by atomic mass is 10.0. The normalized spacial score (nSPS) is 12.2. The van der Waals surface area contributed by atoms with Crippen LogP contribution in [0, 0.1) is 11.6 Å². The molecule has 0 bridgehead atoms. The van der Waals surface area contributed by atoms with Crippen LogP contribution >= 0.6 is 0 Å². The van der Waals surface area contributed by atoms with Gasteiger partial charge in [0.25, 0.3) is 0 Å². The molecule has 6 heteroatoms. The Balaban J connectivity index is 1.81. The van der Waals surface area contributed by atoms with E-state index < -0.39 is 17.8 Å². The van der Waals surface area contributed by atoms with Gasteiger partial charge in [0.1, 0.15) is 0 Å². The molecule has 2 aromatic rings. The molecule has 0 spiro atoms. The molecule has 1 aromatic carbocycles. The lowest BCUT2D eigenvalue weighted by Gasteiger charge is -2.09. The van der Waals surface area contributed by atoms with E-state index in [9.17, 15) is 13.2 Å². The second-order valence-electron chi connectivity index (χ2n) is 8.49. The summed E-state index contributed by atoms with van der Waals surface area (Å²) in [5, 5.41) is 0. The number of alkyl halides is 1. The van der Waals surface area contributed by atoms with Crippen LogP contribution in [0.5, 0.6) is 5.75 Å². The molecular weight excluding hydrogens is 413 g/mol. The lowest BCUT2D eigenvalue weighted by molar-refractivity contribution is 0.302. The Labute approximate surface area is 190 Å². The highest BCUT2D eigenvalue weighted by atomic mass is 19.2. The van der Waals surface area contributed by atoms with Gasteiger partial charge in [-0.2, -0.15) is 0 Å². The molecule has 0 radical (unpaired) electrons. The summed E-state index contributed by atoms with van der Waals surface area (Å²) in [5.74, 6) is -1.13. The van der Waals surface area contributed by atoms with Gasteiger partial charge in [0.15, 0.2) is 23.2 Å². The van der Waals surface area contributed by atoms with Gasteiger partial charge in [-0.05, 0) is 44.2 Å². The van der Waals surface area contributed by atoms with Crippen LogP contribution in [0.2, 0.25) is 0 Å². The third-order valence-corrected chi connectivity index (χ3v) is 5.60. The van der Waals surface area contributed by atoms with Crippen molar-refractivity contribution in [2.24, 2.45) is 0 Å². The molecular formula is C26H37F3N2O. The van der Waals surface area contributed by atoms with E-state index in [1.54, 1.807) is 6.07 Å². The van der Waals surface area contributed by atoms with Gasteiger partial charge in [-0.15, -0.1) is 0 Å². The van der Waals surface area contributed by atoms with Crippen molar-refractivity contribution >= 4 is 0 Å². The Morgan fingerprint density at radius 3 is 2.19 bits per heavy atom. The lowest BCUT2D eigenvalue weighted by Crippen LogP contribution is -2.02. The molecule has 0 amide bonds. The van der Waals surface area contributed by atoms with Crippen molar-refractivity contribution in [3.8, 4) is 17.1 Å². The molecule has 0 N–H and O–H groups in total. The van der Waals surface area contributed by atoms with Gasteiger partial charge in [0.05, 0.1) is 30.7 Å². The molecule has 3 nitrogen and oxygen atoms in total. The molecule has 0 aliphatic heterocycles. The maximum Gasteiger partial charge on any atom is 0.170 e. The van der Waals surface area contributed by atoms with Crippen LogP contribution in [0.15, 0.2) is 24.5 Å². The van der Waals surface area contributed by atoms with E-state index in [4.69, 9.17) is 4.74 Å². The fourth-order valence-electron chi connectivity index (χ4n) is 3.65. The van der Waals surface area contributed by atoms with Crippen molar-refractivity contribution < 1.29 is 17.9 Å². The van der Waals surface area contributed by atoms with Crippen LogP contribution < -0.4 is 4.74 Å². The standard InChI is InChI=1S/C26H37F3N2O/c1-3-4-5-6-7-8-12-17-32-22-18-30-26(31-19-22)23-16-15-21(24(28)25(23)29)14-11-9-10-13-20(2)27/h15-16,18-20H,3-14,17H2,1-2H3. The number of unbranched alkanes of at least 4 members (excludes halogenated alkanes) is 8. The van der Waals surface area contributed by atoms with E-state index in [0.717, 1.165) is 25.7 Å². The average Bonchev–Trinajstić information content (AvgIpc) is 2.78. The summed E-state index contributed by atoms with van der Waals surface area (Å²) in [6.45, 7) is 4.34. The van der Waals surface area contributed by atoms with Crippen LogP contribution in [0.25, 0.3) is 11.4 Å². The number of halogens is 3. The number of aryl methyl sites for hydroxylation is 1. The minimum atomic E-state index is -0.934. The highest BCUT2D eigenvalue weighted by Gasteiger charge is 2.16. The summed E-state index contributed by atoms with van der Waals surface area (Å²) in [5.41, 5.74) is 0.366. The first-order chi connectivity index (χ1) is 15.5. The van der Waals surface area contributed by atoms with Gasteiger partial charge in [-0.25, -0.2) is 23.1 Å². The quantitative estimate of drug-likeness (QED) is 0.243. The van der Waals surface area contributed by atoms with E-state index in [0.29, 0.717) is 37.2 Å². The van der Waals surface area contributed by atoms with Crippen LogP contribution in [-0.4, -0.2) is 22.7 Å². The minimum absolute atomic E-state index is 0.0381. The molecule has 2 rings (SSSR count). The van der Waals surface area contributed by atoms with Crippen molar-refractivity contribution in [1.82, 2.24) is 9.97 Å². The zero-order valence-corrected chi connectivity index (χ0v) is 19.5. The Hall–Kier alpha value is -2.11. The third kappa shape index (κ3) is 9.17. The summed E-state index contributed by atoms with van der Waals surface area (Å²) in [6, 6.07) is 3.10. The largest absolute Gasteiger partial charge is 0.490 e. The molecule has 0 aliphatic rings. The SMILES string of the molecule is CCCCCCCCCOc1cnc(-c2ccc(CCCCCC(C)F)c(F)c2F)nc1. The Morgan fingerprint density at radius 1 is 0.844 bits per heavy atom. The summed E-state index contributed by atoms with van der Waals surface area (Å²) >= 11 is 0. The maximum absolute atomic E-state index is 14.6. The van der Waals surface area contributed by atoms with Gasteiger partial charge >= 0.3 is 0 Å². The van der Waals surface area contributed by atoms with Crippen molar-refractivity contribution in [3.05, 3.63) is 41.7 Å². The van der Waals surface area contributed by atoms with E-state index >= 15 is 0 Å². The topological polar surface area (TPSA) is 35.0 Å². The van der Waals surface area contributed by atoms with Gasteiger partial charge in [0, 0.05) is 0 Å². The number of hydrogen-bond donors (Lipinski definition) is 0. The average molecular weight is 451 g/mol. The van der Waals surface area contributed by atoms with Crippen molar-refractivity contribution in [2.45, 2.75) is 97.1 Å². The summed E-state index contributed by atoms with van der Waals surface area (Å²) in [7, 11) is 0. The number of nitrogens with zero attached hydrogens (tertiary/aromatic N) is 2. The third-order valence-electron chi connectivity index (χ3n) is 5.60. The maximum atomic E-state index is 14.6. The van der Waals surface area contributed by atoms with Gasteiger partial charge < -0.3 is 4.74 Å². The number of ether oxygens (including phenoxy) is 1. The second-order valence-corrected chi connectivity index (χ2v) is 8.49. The molecule has 0 saturated heterocycles. The number of rotatable bonds is 16. The van der Waals surface area contributed by atoms with E-state index in [-0.39, 0.29) is 11.4 Å². The van der Waals surface area contributed by atoms with Gasteiger partial charge in [-0.3, -0.25) is 0 Å². The highest BCUT2D eigenvalue weighted by molar-refractivity contribution is 5.57. The van der Waals surface area contributed by atoms with Crippen LogP contribution in [0.3, 0.4) is 0 Å². The first kappa shape index (κ1) is 26.1.